The fraction of sp³-hybridized carbons (Fsp3) is 1.00. The van der Waals surface area contributed by atoms with Gasteiger partial charge < -0.3 is 4.74 Å². The zero-order valence-corrected chi connectivity index (χ0v) is 13.5. The lowest BCUT2D eigenvalue weighted by molar-refractivity contribution is -0.0460. The van der Waals surface area contributed by atoms with Gasteiger partial charge in [-0.05, 0) is 31.6 Å². The first kappa shape index (κ1) is 15.7. The Balaban J connectivity index is 1.79. The lowest BCUT2D eigenvalue weighted by Crippen LogP contribution is -2.65. The Morgan fingerprint density at radius 2 is 1.57 bits per heavy atom. The standard InChI is InChI=1S/C17H33N3O/c18-19-16(15-7-3-1-2-4-8-15)17(9-5-6-10-17)20-11-13-21-14-12-20/h15-16,19H,1-14,18H2. The van der Waals surface area contributed by atoms with E-state index >= 15 is 0 Å². The predicted octanol–water partition coefficient (Wildman–Crippen LogP) is 2.43. The van der Waals surface area contributed by atoms with Gasteiger partial charge >= 0.3 is 0 Å². The van der Waals surface area contributed by atoms with E-state index in [0.717, 1.165) is 32.2 Å². The number of hydrogen-bond acceptors (Lipinski definition) is 4. The van der Waals surface area contributed by atoms with Crippen LogP contribution >= 0.6 is 0 Å². The minimum Gasteiger partial charge on any atom is -0.379 e. The number of nitrogens with one attached hydrogen (secondary N) is 1. The quantitative estimate of drug-likeness (QED) is 0.475. The molecule has 1 aliphatic heterocycles. The molecule has 0 aromatic carbocycles. The summed E-state index contributed by atoms with van der Waals surface area (Å²) in [5.41, 5.74) is 3.60. The largest absolute Gasteiger partial charge is 0.379 e. The molecule has 122 valence electrons. The van der Waals surface area contributed by atoms with Crippen LogP contribution in [0.4, 0.5) is 0 Å². The average molecular weight is 295 g/mol. The summed E-state index contributed by atoms with van der Waals surface area (Å²) in [6, 6.07) is 0.469. The van der Waals surface area contributed by atoms with Crippen LogP contribution < -0.4 is 11.3 Å². The van der Waals surface area contributed by atoms with Gasteiger partial charge in [0.2, 0.25) is 0 Å². The summed E-state index contributed by atoms with van der Waals surface area (Å²) >= 11 is 0. The number of nitrogens with two attached hydrogens (primary N) is 1. The Labute approximate surface area is 129 Å². The number of hydrogen-bond donors (Lipinski definition) is 2. The highest BCUT2D eigenvalue weighted by molar-refractivity contribution is 5.06. The van der Waals surface area contributed by atoms with Crippen LogP contribution in [-0.2, 0) is 4.74 Å². The average Bonchev–Trinajstić information content (AvgIpc) is 2.87. The molecule has 0 spiro atoms. The van der Waals surface area contributed by atoms with Gasteiger partial charge in [0.25, 0.3) is 0 Å². The van der Waals surface area contributed by atoms with Gasteiger partial charge in [-0.15, -0.1) is 0 Å². The second-order valence-electron chi connectivity index (χ2n) is 7.31. The fourth-order valence-corrected chi connectivity index (χ4v) is 5.19. The third-order valence-electron chi connectivity index (χ3n) is 6.24. The Morgan fingerprint density at radius 1 is 0.952 bits per heavy atom. The van der Waals surface area contributed by atoms with Gasteiger partial charge in [-0.25, -0.2) is 0 Å². The van der Waals surface area contributed by atoms with Crippen LogP contribution in [-0.4, -0.2) is 42.8 Å². The molecule has 1 atom stereocenters. The van der Waals surface area contributed by atoms with E-state index in [9.17, 15) is 0 Å². The summed E-state index contributed by atoms with van der Waals surface area (Å²) in [5.74, 6) is 6.88. The highest BCUT2D eigenvalue weighted by atomic mass is 16.5. The van der Waals surface area contributed by atoms with Crippen molar-refractivity contribution in [2.45, 2.75) is 75.8 Å². The summed E-state index contributed by atoms with van der Waals surface area (Å²) in [5, 5.41) is 0. The molecule has 4 heteroatoms. The van der Waals surface area contributed by atoms with Crippen molar-refractivity contribution in [2.24, 2.45) is 11.8 Å². The van der Waals surface area contributed by atoms with Crippen LogP contribution in [0.5, 0.6) is 0 Å². The molecule has 0 aromatic heterocycles. The molecule has 2 saturated carbocycles. The number of nitrogens with zero attached hydrogens (tertiary/aromatic N) is 1. The summed E-state index contributed by atoms with van der Waals surface area (Å²) in [4.78, 5) is 2.72. The second-order valence-corrected chi connectivity index (χ2v) is 7.31. The second kappa shape index (κ2) is 7.40. The highest BCUT2D eigenvalue weighted by Gasteiger charge is 2.48. The van der Waals surface area contributed by atoms with Gasteiger partial charge in [-0.2, -0.15) is 0 Å². The van der Waals surface area contributed by atoms with Crippen LogP contribution in [0.2, 0.25) is 0 Å². The van der Waals surface area contributed by atoms with E-state index in [2.05, 4.69) is 10.3 Å². The maximum atomic E-state index is 6.12. The molecule has 0 amide bonds. The minimum absolute atomic E-state index is 0.299. The molecule has 3 N–H and O–H groups in total. The van der Waals surface area contributed by atoms with Crippen molar-refractivity contribution in [1.82, 2.24) is 10.3 Å². The predicted molar refractivity (Wildman–Crippen MR) is 85.9 cm³/mol. The lowest BCUT2D eigenvalue weighted by Gasteiger charge is -2.50. The molecule has 3 aliphatic rings. The SMILES string of the molecule is NNC(C1CCCCCC1)C1(N2CCOCC2)CCCC1. The Morgan fingerprint density at radius 3 is 2.14 bits per heavy atom. The van der Waals surface area contributed by atoms with Crippen molar-refractivity contribution in [2.75, 3.05) is 26.3 Å². The van der Waals surface area contributed by atoms with Gasteiger partial charge in [-0.1, -0.05) is 38.5 Å². The lowest BCUT2D eigenvalue weighted by atomic mass is 9.76. The summed E-state index contributed by atoms with van der Waals surface area (Å²) in [6.45, 7) is 3.96. The molecule has 1 saturated heterocycles. The van der Waals surface area contributed by atoms with Gasteiger partial charge in [0.15, 0.2) is 0 Å². The topological polar surface area (TPSA) is 50.5 Å². The smallest absolute Gasteiger partial charge is 0.0594 e. The Kier molecular flexibility index (Phi) is 5.54. The molecule has 2 aliphatic carbocycles. The van der Waals surface area contributed by atoms with Crippen molar-refractivity contribution in [3.05, 3.63) is 0 Å². The van der Waals surface area contributed by atoms with Crippen LogP contribution in [0.3, 0.4) is 0 Å². The molecular weight excluding hydrogens is 262 g/mol. The van der Waals surface area contributed by atoms with E-state index in [1.807, 2.05) is 0 Å². The number of morpholine rings is 1. The molecule has 1 heterocycles. The summed E-state index contributed by atoms with van der Waals surface area (Å²) in [6.07, 6.45) is 13.7. The first-order chi connectivity index (χ1) is 10.4. The van der Waals surface area contributed by atoms with Crippen molar-refractivity contribution in [1.29, 1.82) is 0 Å². The van der Waals surface area contributed by atoms with Crippen molar-refractivity contribution >= 4 is 0 Å². The third-order valence-corrected chi connectivity index (χ3v) is 6.24. The monoisotopic (exact) mass is 295 g/mol. The molecule has 0 bridgehead atoms. The van der Waals surface area contributed by atoms with E-state index in [1.54, 1.807) is 0 Å². The number of rotatable bonds is 4. The Bertz CT molecular complexity index is 303. The maximum Gasteiger partial charge on any atom is 0.0594 e. The number of ether oxygens (including phenoxy) is 1. The Hall–Kier alpha value is -0.160. The van der Waals surface area contributed by atoms with E-state index in [1.165, 1.54) is 64.2 Å². The summed E-state index contributed by atoms with van der Waals surface area (Å²) in [7, 11) is 0. The van der Waals surface area contributed by atoms with Crippen molar-refractivity contribution in [3.63, 3.8) is 0 Å². The molecule has 3 fully saturated rings. The first-order valence-corrected chi connectivity index (χ1v) is 9.16. The molecule has 21 heavy (non-hydrogen) atoms. The van der Waals surface area contributed by atoms with Gasteiger partial charge in [-0.3, -0.25) is 16.2 Å². The molecule has 1 unspecified atom stereocenters. The third kappa shape index (κ3) is 3.29. The molecule has 0 radical (unpaired) electrons. The van der Waals surface area contributed by atoms with Crippen molar-refractivity contribution < 1.29 is 4.74 Å². The van der Waals surface area contributed by atoms with Crippen molar-refractivity contribution in [3.8, 4) is 0 Å². The van der Waals surface area contributed by atoms with E-state index in [-0.39, 0.29) is 0 Å². The van der Waals surface area contributed by atoms with E-state index < -0.39 is 0 Å². The molecule has 3 rings (SSSR count). The van der Waals surface area contributed by atoms with Gasteiger partial charge in [0, 0.05) is 24.7 Å². The molecular formula is C17H33N3O. The fourth-order valence-electron chi connectivity index (χ4n) is 5.19. The highest BCUT2D eigenvalue weighted by Crippen LogP contribution is 2.43. The first-order valence-electron chi connectivity index (χ1n) is 9.16. The maximum absolute atomic E-state index is 6.12. The molecule has 4 nitrogen and oxygen atoms in total. The van der Waals surface area contributed by atoms with E-state index in [4.69, 9.17) is 10.6 Å². The van der Waals surface area contributed by atoms with Crippen LogP contribution in [0.15, 0.2) is 0 Å². The van der Waals surface area contributed by atoms with Gasteiger partial charge in [0.1, 0.15) is 0 Å². The van der Waals surface area contributed by atoms with Crippen LogP contribution in [0.25, 0.3) is 0 Å². The normalized spacial score (nSPS) is 30.1. The van der Waals surface area contributed by atoms with E-state index in [0.29, 0.717) is 11.6 Å². The van der Waals surface area contributed by atoms with Crippen LogP contribution in [0, 0.1) is 5.92 Å². The van der Waals surface area contributed by atoms with Crippen LogP contribution in [0.1, 0.15) is 64.2 Å². The van der Waals surface area contributed by atoms with Gasteiger partial charge in [0.05, 0.1) is 13.2 Å². The summed E-state index contributed by atoms with van der Waals surface area (Å²) < 4.78 is 5.59. The number of hydrazine groups is 1. The minimum atomic E-state index is 0.299. The zero-order valence-electron chi connectivity index (χ0n) is 13.5. The molecule has 0 aromatic rings. The zero-order chi connectivity index (χ0) is 14.5.